The van der Waals surface area contributed by atoms with Crippen molar-refractivity contribution in [1.29, 1.82) is 5.26 Å². The number of hydrogen-bond acceptors (Lipinski definition) is 5. The molecule has 0 unspecified atom stereocenters. The van der Waals surface area contributed by atoms with Gasteiger partial charge in [-0.15, -0.1) is 5.10 Å². The molecule has 4 aromatic rings. The molecule has 2 aromatic heterocycles. The van der Waals surface area contributed by atoms with E-state index < -0.39 is 5.82 Å². The number of aryl methyl sites for hydroxylation is 1. The molecule has 0 radical (unpaired) electrons. The third-order valence-electron chi connectivity index (χ3n) is 5.91. The number of piperidine rings is 1. The molecular weight excluding hydrogens is 405 g/mol. The Hall–Kier alpha value is -3.70. The van der Waals surface area contributed by atoms with Crippen LogP contribution in [0, 0.1) is 23.1 Å². The lowest BCUT2D eigenvalue weighted by Gasteiger charge is -2.22. The first-order chi connectivity index (χ1) is 15.6. The van der Waals surface area contributed by atoms with Crippen LogP contribution in [0.15, 0.2) is 48.7 Å². The van der Waals surface area contributed by atoms with Gasteiger partial charge in [0.25, 0.3) is 0 Å². The molecule has 5 rings (SSSR count). The van der Waals surface area contributed by atoms with Crippen molar-refractivity contribution in [2.24, 2.45) is 13.0 Å². The van der Waals surface area contributed by atoms with Crippen LogP contribution in [0.2, 0.25) is 0 Å². The van der Waals surface area contributed by atoms with E-state index in [1.807, 2.05) is 48.3 Å². The third kappa shape index (κ3) is 3.95. The fourth-order valence-corrected chi connectivity index (χ4v) is 4.25. The minimum absolute atomic E-state index is 0.0275. The van der Waals surface area contributed by atoms with Gasteiger partial charge in [-0.25, -0.2) is 9.07 Å². The van der Waals surface area contributed by atoms with Gasteiger partial charge in [-0.05, 0) is 62.2 Å². The predicted molar refractivity (Wildman–Crippen MR) is 122 cm³/mol. The summed E-state index contributed by atoms with van der Waals surface area (Å²) in [5.74, 6) is 0.751. The van der Waals surface area contributed by atoms with Crippen molar-refractivity contribution in [2.45, 2.75) is 12.8 Å². The molecule has 1 fully saturated rings. The van der Waals surface area contributed by atoms with Crippen LogP contribution in [0.5, 0.6) is 0 Å². The second-order valence-corrected chi connectivity index (χ2v) is 8.27. The van der Waals surface area contributed by atoms with E-state index in [1.54, 1.807) is 10.7 Å². The quantitative estimate of drug-likeness (QED) is 0.504. The summed E-state index contributed by atoms with van der Waals surface area (Å²) in [5.41, 5.74) is 3.20. The van der Waals surface area contributed by atoms with Gasteiger partial charge in [-0.3, -0.25) is 4.68 Å². The van der Waals surface area contributed by atoms with Crippen LogP contribution in [0.3, 0.4) is 0 Å². The number of nitrogens with one attached hydrogen (secondary N) is 2. The van der Waals surface area contributed by atoms with Crippen molar-refractivity contribution in [3.8, 4) is 23.0 Å². The van der Waals surface area contributed by atoms with Gasteiger partial charge in [0.15, 0.2) is 0 Å². The highest BCUT2D eigenvalue weighted by molar-refractivity contribution is 5.81. The Bertz CT molecular complexity index is 1310. The first-order valence-electron chi connectivity index (χ1n) is 10.8. The fourth-order valence-electron chi connectivity index (χ4n) is 4.25. The van der Waals surface area contributed by atoms with Crippen molar-refractivity contribution < 1.29 is 4.39 Å². The van der Waals surface area contributed by atoms with Crippen molar-refractivity contribution >= 4 is 16.7 Å². The normalized spacial score (nSPS) is 16.2. The molecule has 32 heavy (non-hydrogen) atoms. The number of halogens is 1. The Kier molecular flexibility index (Phi) is 5.33. The number of aromatic nitrogens is 4. The van der Waals surface area contributed by atoms with E-state index in [1.165, 1.54) is 25.0 Å². The molecule has 0 amide bonds. The minimum atomic E-state index is -0.539. The van der Waals surface area contributed by atoms with E-state index in [2.05, 4.69) is 15.7 Å². The number of benzene rings is 2. The Labute approximate surface area is 185 Å². The predicted octanol–water partition coefficient (Wildman–Crippen LogP) is 3.85. The lowest BCUT2D eigenvalue weighted by molar-refractivity contribution is 0.392. The standard InChI is InChI=1S/C24H24FN7/c1-31-15-19-9-20(6-7-22(19)29-31)32-23(17-4-5-18(12-26)21(25)10-17)11-24(30-32)28-14-16-3-2-8-27-13-16/h4-7,9-11,15-16,27H,2-3,8,13-14H2,1H3,(H,28,30)/t16-/m1/s1. The molecule has 3 heterocycles. The Morgan fingerprint density at radius 3 is 2.91 bits per heavy atom. The van der Waals surface area contributed by atoms with Gasteiger partial charge >= 0.3 is 0 Å². The second kappa shape index (κ2) is 8.44. The van der Waals surface area contributed by atoms with Gasteiger partial charge in [0.05, 0.1) is 22.5 Å². The first-order valence-corrected chi connectivity index (χ1v) is 10.8. The van der Waals surface area contributed by atoms with Crippen LogP contribution >= 0.6 is 0 Å². The van der Waals surface area contributed by atoms with Gasteiger partial charge in [0, 0.05) is 36.8 Å². The molecule has 1 saturated heterocycles. The van der Waals surface area contributed by atoms with Crippen LogP contribution in [0.4, 0.5) is 10.2 Å². The molecule has 2 aromatic carbocycles. The van der Waals surface area contributed by atoms with E-state index in [-0.39, 0.29) is 5.56 Å². The highest BCUT2D eigenvalue weighted by atomic mass is 19.1. The molecular formula is C24H24FN7. The monoisotopic (exact) mass is 429 g/mol. The molecule has 0 aliphatic carbocycles. The summed E-state index contributed by atoms with van der Waals surface area (Å²) in [7, 11) is 1.89. The van der Waals surface area contributed by atoms with Crippen LogP contribution < -0.4 is 10.6 Å². The number of hydrogen-bond donors (Lipinski definition) is 2. The van der Waals surface area contributed by atoms with Gasteiger partial charge in [-0.1, -0.05) is 6.07 Å². The summed E-state index contributed by atoms with van der Waals surface area (Å²) in [4.78, 5) is 0. The molecule has 8 heteroatoms. The largest absolute Gasteiger partial charge is 0.368 e. The van der Waals surface area contributed by atoms with Crippen molar-refractivity contribution in [1.82, 2.24) is 24.9 Å². The fraction of sp³-hybridized carbons (Fsp3) is 0.292. The number of anilines is 1. The number of nitriles is 1. The third-order valence-corrected chi connectivity index (χ3v) is 5.91. The van der Waals surface area contributed by atoms with Gasteiger partial charge < -0.3 is 10.6 Å². The Morgan fingerprint density at radius 1 is 1.22 bits per heavy atom. The highest BCUT2D eigenvalue weighted by Crippen LogP contribution is 2.29. The minimum Gasteiger partial charge on any atom is -0.368 e. The highest BCUT2D eigenvalue weighted by Gasteiger charge is 2.17. The van der Waals surface area contributed by atoms with Gasteiger partial charge in [0.2, 0.25) is 0 Å². The maximum atomic E-state index is 14.4. The maximum absolute atomic E-state index is 14.4. The SMILES string of the molecule is Cn1cc2cc(-n3nc(NC[C@@H]4CCCNC4)cc3-c3ccc(C#N)c(F)c3)ccc2n1. The second-order valence-electron chi connectivity index (χ2n) is 8.27. The van der Waals surface area contributed by atoms with E-state index in [9.17, 15) is 4.39 Å². The molecule has 162 valence electrons. The van der Waals surface area contributed by atoms with Crippen LogP contribution in [-0.2, 0) is 7.05 Å². The van der Waals surface area contributed by atoms with Crippen LogP contribution in [0.1, 0.15) is 18.4 Å². The van der Waals surface area contributed by atoms with E-state index >= 15 is 0 Å². The van der Waals surface area contributed by atoms with Crippen molar-refractivity contribution in [3.63, 3.8) is 0 Å². The maximum Gasteiger partial charge on any atom is 0.149 e. The number of fused-ring (bicyclic) bond motifs is 1. The van der Waals surface area contributed by atoms with E-state index in [0.29, 0.717) is 11.5 Å². The number of nitrogens with zero attached hydrogens (tertiary/aromatic N) is 5. The zero-order valence-electron chi connectivity index (χ0n) is 17.8. The molecule has 0 bridgehead atoms. The molecule has 1 atom stereocenters. The molecule has 0 saturated carbocycles. The molecule has 1 aliphatic heterocycles. The zero-order valence-corrected chi connectivity index (χ0v) is 17.8. The molecule has 1 aliphatic rings. The summed E-state index contributed by atoms with van der Waals surface area (Å²) in [6, 6.07) is 14.4. The summed E-state index contributed by atoms with van der Waals surface area (Å²) in [6.07, 6.45) is 4.33. The van der Waals surface area contributed by atoms with Crippen LogP contribution in [-0.4, -0.2) is 39.2 Å². The topological polar surface area (TPSA) is 83.5 Å². The van der Waals surface area contributed by atoms with Gasteiger partial charge in [0.1, 0.15) is 17.7 Å². The molecule has 0 spiro atoms. The van der Waals surface area contributed by atoms with Crippen LogP contribution in [0.25, 0.3) is 27.8 Å². The lowest BCUT2D eigenvalue weighted by atomic mass is 10.00. The lowest BCUT2D eigenvalue weighted by Crippen LogP contribution is -2.33. The van der Waals surface area contributed by atoms with E-state index in [4.69, 9.17) is 10.4 Å². The van der Waals surface area contributed by atoms with E-state index in [0.717, 1.165) is 47.7 Å². The summed E-state index contributed by atoms with van der Waals surface area (Å²) < 4.78 is 18.0. The summed E-state index contributed by atoms with van der Waals surface area (Å²) in [5, 5.41) is 26.2. The Morgan fingerprint density at radius 2 is 2.12 bits per heavy atom. The first kappa shape index (κ1) is 20.2. The average molecular weight is 430 g/mol. The number of rotatable bonds is 5. The Balaban J connectivity index is 1.54. The zero-order chi connectivity index (χ0) is 22.1. The van der Waals surface area contributed by atoms with Gasteiger partial charge in [-0.2, -0.15) is 10.4 Å². The molecule has 7 nitrogen and oxygen atoms in total. The van der Waals surface area contributed by atoms with Crippen molar-refractivity contribution in [2.75, 3.05) is 25.0 Å². The average Bonchev–Trinajstić information content (AvgIpc) is 3.40. The summed E-state index contributed by atoms with van der Waals surface area (Å²) in [6.45, 7) is 2.91. The molecule has 2 N–H and O–H groups in total. The summed E-state index contributed by atoms with van der Waals surface area (Å²) >= 11 is 0. The smallest absolute Gasteiger partial charge is 0.149 e. The van der Waals surface area contributed by atoms with Crippen molar-refractivity contribution in [3.05, 3.63) is 60.0 Å².